The van der Waals surface area contributed by atoms with E-state index in [9.17, 15) is 0 Å². The van der Waals surface area contributed by atoms with Gasteiger partial charge < -0.3 is 9.73 Å². The summed E-state index contributed by atoms with van der Waals surface area (Å²) in [5.41, 5.74) is 3.18. The van der Waals surface area contributed by atoms with Crippen LogP contribution in [0.4, 0.5) is 5.69 Å². The Hall–Kier alpha value is -2.03. The summed E-state index contributed by atoms with van der Waals surface area (Å²) in [4.78, 5) is 4.65. The van der Waals surface area contributed by atoms with Crippen molar-refractivity contribution in [2.75, 3.05) is 18.4 Å². The predicted octanol–water partition coefficient (Wildman–Crippen LogP) is 2.93. The first-order valence-corrected chi connectivity index (χ1v) is 5.87. The summed E-state index contributed by atoms with van der Waals surface area (Å²) in [5, 5.41) is 3.43. The Balaban J connectivity index is 2.13. The maximum absolute atomic E-state index is 5.47. The van der Waals surface area contributed by atoms with Gasteiger partial charge in [0.25, 0.3) is 0 Å². The molecule has 3 heteroatoms. The lowest BCUT2D eigenvalue weighted by Gasteiger charge is -2.15. The highest BCUT2D eigenvalue weighted by molar-refractivity contribution is 6.14. The molecule has 86 valence electrons. The zero-order valence-electron chi connectivity index (χ0n) is 9.52. The number of para-hydroxylation sites is 1. The maximum atomic E-state index is 5.47. The second-order valence-electron chi connectivity index (χ2n) is 4.03. The summed E-state index contributed by atoms with van der Waals surface area (Å²) in [5.74, 6) is 0.834. The van der Waals surface area contributed by atoms with Crippen LogP contribution in [0.1, 0.15) is 17.7 Å². The topological polar surface area (TPSA) is 37.5 Å². The number of aliphatic imine (C=N–C) groups is 1. The van der Waals surface area contributed by atoms with Gasteiger partial charge in [-0.2, -0.15) is 0 Å². The molecule has 0 unspecified atom stereocenters. The second kappa shape index (κ2) is 4.45. The third kappa shape index (κ3) is 1.96. The van der Waals surface area contributed by atoms with Crippen LogP contribution >= 0.6 is 0 Å². The molecule has 0 amide bonds. The van der Waals surface area contributed by atoms with Gasteiger partial charge in [0.15, 0.2) is 5.76 Å². The molecule has 3 nitrogen and oxygen atoms in total. The van der Waals surface area contributed by atoms with Gasteiger partial charge in [0.05, 0.1) is 6.26 Å². The quantitative estimate of drug-likeness (QED) is 0.811. The number of hydrogen-bond donors (Lipinski definition) is 1. The third-order valence-corrected chi connectivity index (χ3v) is 2.86. The molecule has 0 saturated carbocycles. The Bertz CT molecular complexity index is 529. The van der Waals surface area contributed by atoms with Crippen molar-refractivity contribution in [3.63, 3.8) is 0 Å². The highest BCUT2D eigenvalue weighted by atomic mass is 16.3. The van der Waals surface area contributed by atoms with Gasteiger partial charge >= 0.3 is 0 Å². The number of rotatable bonds is 1. The third-order valence-electron chi connectivity index (χ3n) is 2.86. The molecular weight excluding hydrogens is 212 g/mol. The van der Waals surface area contributed by atoms with Gasteiger partial charge in [-0.05, 0) is 24.6 Å². The monoisotopic (exact) mass is 226 g/mol. The van der Waals surface area contributed by atoms with Gasteiger partial charge in [0, 0.05) is 24.3 Å². The van der Waals surface area contributed by atoms with Crippen molar-refractivity contribution in [2.24, 2.45) is 4.99 Å². The molecule has 0 radical (unpaired) electrons. The summed E-state index contributed by atoms with van der Waals surface area (Å²) >= 11 is 0. The zero-order chi connectivity index (χ0) is 11.5. The first-order chi connectivity index (χ1) is 8.45. The number of furan rings is 1. The minimum atomic E-state index is 0.831. The summed E-state index contributed by atoms with van der Waals surface area (Å²) in [7, 11) is 0. The van der Waals surface area contributed by atoms with Crippen molar-refractivity contribution in [2.45, 2.75) is 6.42 Å². The Morgan fingerprint density at radius 2 is 2.06 bits per heavy atom. The number of fused-ring (bicyclic) bond motifs is 1. The SMILES string of the molecule is c1coc(C2=NCCCNc3ccccc32)c1. The van der Waals surface area contributed by atoms with Gasteiger partial charge in [0.2, 0.25) is 0 Å². The Kier molecular flexibility index (Phi) is 2.66. The summed E-state index contributed by atoms with van der Waals surface area (Å²) in [6, 6.07) is 12.1. The molecule has 2 aromatic rings. The first-order valence-electron chi connectivity index (χ1n) is 5.87. The summed E-state index contributed by atoms with van der Waals surface area (Å²) in [6.07, 6.45) is 2.73. The molecule has 1 aliphatic heterocycles. The largest absolute Gasteiger partial charge is 0.463 e. The van der Waals surface area contributed by atoms with Crippen LogP contribution in [0.5, 0.6) is 0 Å². The van der Waals surface area contributed by atoms with Crippen LogP contribution in [0.15, 0.2) is 52.1 Å². The molecule has 1 N–H and O–H groups in total. The van der Waals surface area contributed by atoms with Crippen molar-refractivity contribution in [3.05, 3.63) is 54.0 Å². The van der Waals surface area contributed by atoms with Crippen molar-refractivity contribution in [1.29, 1.82) is 0 Å². The Morgan fingerprint density at radius 1 is 1.12 bits per heavy atom. The number of nitrogens with one attached hydrogen (secondary N) is 1. The van der Waals surface area contributed by atoms with E-state index < -0.39 is 0 Å². The average molecular weight is 226 g/mol. The molecule has 1 aliphatic rings. The average Bonchev–Trinajstić information content (AvgIpc) is 2.84. The highest BCUT2D eigenvalue weighted by Crippen LogP contribution is 2.21. The second-order valence-corrected chi connectivity index (χ2v) is 4.03. The van der Waals surface area contributed by atoms with Gasteiger partial charge in [0.1, 0.15) is 5.71 Å². The summed E-state index contributed by atoms with van der Waals surface area (Å²) in [6.45, 7) is 1.79. The van der Waals surface area contributed by atoms with E-state index >= 15 is 0 Å². The molecule has 1 aromatic carbocycles. The fraction of sp³-hybridized carbons (Fsp3) is 0.214. The molecule has 3 rings (SSSR count). The van der Waals surface area contributed by atoms with Crippen LogP contribution in [0.2, 0.25) is 0 Å². The van der Waals surface area contributed by atoms with E-state index in [-0.39, 0.29) is 0 Å². The molecule has 0 atom stereocenters. The minimum absolute atomic E-state index is 0.831. The van der Waals surface area contributed by atoms with Crippen molar-refractivity contribution < 1.29 is 4.42 Å². The van der Waals surface area contributed by atoms with E-state index in [4.69, 9.17) is 4.42 Å². The lowest BCUT2D eigenvalue weighted by atomic mass is 10.0. The molecule has 0 fully saturated rings. The van der Waals surface area contributed by atoms with Crippen LogP contribution < -0.4 is 5.32 Å². The fourth-order valence-corrected chi connectivity index (χ4v) is 2.05. The first kappa shape index (κ1) is 10.1. The minimum Gasteiger partial charge on any atom is -0.463 e. The standard InChI is InChI=1S/C14H14N2O/c1-2-6-12-11(5-1)14(13-7-3-10-17-13)16-9-4-8-15-12/h1-3,5-7,10,15H,4,8-9H2. The number of nitrogens with zero attached hydrogens (tertiary/aromatic N) is 1. The predicted molar refractivity (Wildman–Crippen MR) is 68.8 cm³/mol. The van der Waals surface area contributed by atoms with Crippen molar-refractivity contribution in [1.82, 2.24) is 0 Å². The van der Waals surface area contributed by atoms with Gasteiger partial charge in [-0.15, -0.1) is 0 Å². The number of hydrogen-bond acceptors (Lipinski definition) is 3. The van der Waals surface area contributed by atoms with Gasteiger partial charge in [-0.1, -0.05) is 18.2 Å². The number of anilines is 1. The molecule has 2 heterocycles. The lowest BCUT2D eigenvalue weighted by Crippen LogP contribution is -2.14. The lowest BCUT2D eigenvalue weighted by molar-refractivity contribution is 0.557. The van der Waals surface area contributed by atoms with E-state index in [0.717, 1.165) is 42.2 Å². The Labute approximate surface area is 100 Å². The molecular formula is C14H14N2O. The van der Waals surface area contributed by atoms with E-state index in [1.807, 2.05) is 24.3 Å². The maximum Gasteiger partial charge on any atom is 0.152 e. The van der Waals surface area contributed by atoms with Crippen LogP contribution in [0, 0.1) is 0 Å². The molecule has 0 aliphatic carbocycles. The Morgan fingerprint density at radius 3 is 2.94 bits per heavy atom. The normalized spacial score (nSPS) is 15.2. The fourth-order valence-electron chi connectivity index (χ4n) is 2.05. The number of benzene rings is 1. The van der Waals surface area contributed by atoms with E-state index in [2.05, 4.69) is 22.4 Å². The van der Waals surface area contributed by atoms with Crippen LogP contribution in [-0.2, 0) is 0 Å². The van der Waals surface area contributed by atoms with Crippen LogP contribution in [0.3, 0.4) is 0 Å². The van der Waals surface area contributed by atoms with Crippen molar-refractivity contribution >= 4 is 11.4 Å². The molecule has 0 spiro atoms. The molecule has 1 aromatic heterocycles. The van der Waals surface area contributed by atoms with Crippen LogP contribution in [-0.4, -0.2) is 18.8 Å². The van der Waals surface area contributed by atoms with Gasteiger partial charge in [-0.3, -0.25) is 4.99 Å². The van der Waals surface area contributed by atoms with E-state index in [1.165, 1.54) is 0 Å². The van der Waals surface area contributed by atoms with E-state index in [0.29, 0.717) is 0 Å². The van der Waals surface area contributed by atoms with E-state index in [1.54, 1.807) is 6.26 Å². The smallest absolute Gasteiger partial charge is 0.152 e. The summed E-state index contributed by atoms with van der Waals surface area (Å²) < 4.78 is 5.47. The van der Waals surface area contributed by atoms with Gasteiger partial charge in [-0.25, -0.2) is 0 Å². The zero-order valence-corrected chi connectivity index (χ0v) is 9.52. The molecule has 17 heavy (non-hydrogen) atoms. The highest BCUT2D eigenvalue weighted by Gasteiger charge is 2.14. The van der Waals surface area contributed by atoms with Crippen LogP contribution in [0.25, 0.3) is 0 Å². The molecule has 0 saturated heterocycles. The molecule has 0 bridgehead atoms. The van der Waals surface area contributed by atoms with Crippen molar-refractivity contribution in [3.8, 4) is 0 Å².